The molecule has 0 radical (unpaired) electrons. The molecule has 1 rings (SSSR count). The smallest absolute Gasteiger partial charge is 0.322 e. The summed E-state index contributed by atoms with van der Waals surface area (Å²) in [5.41, 5.74) is -0.0622. The second-order valence-corrected chi connectivity index (χ2v) is 3.36. The fourth-order valence-electron chi connectivity index (χ4n) is 1.06. The van der Waals surface area contributed by atoms with Crippen LogP contribution in [0.2, 0.25) is 0 Å². The topological polar surface area (TPSA) is 38.3 Å². The maximum atomic E-state index is 10.8. The standard InChI is InChI=1S/C7H13NO2/c1-5-6(9)10-4-7(2,3)8-5/h5,8H,4H2,1-3H3/t5-/m1/s1. The molecule has 58 valence electrons. The van der Waals surface area contributed by atoms with Gasteiger partial charge in [-0.2, -0.15) is 0 Å². The predicted octanol–water partition coefficient (Wildman–Crippen LogP) is 0.300. The van der Waals surface area contributed by atoms with Crippen LogP contribution < -0.4 is 5.32 Å². The maximum Gasteiger partial charge on any atom is 0.322 e. The molecule has 0 unspecified atom stereocenters. The quantitative estimate of drug-likeness (QED) is 0.496. The van der Waals surface area contributed by atoms with Crippen LogP contribution in [0.3, 0.4) is 0 Å². The first-order valence-electron chi connectivity index (χ1n) is 3.46. The monoisotopic (exact) mass is 143 g/mol. The van der Waals surface area contributed by atoms with Crippen molar-refractivity contribution in [2.45, 2.75) is 32.4 Å². The Balaban J connectivity index is 2.57. The molecule has 3 heteroatoms. The Morgan fingerprint density at radius 3 is 2.70 bits per heavy atom. The number of esters is 1. The van der Waals surface area contributed by atoms with Crippen molar-refractivity contribution in [1.29, 1.82) is 0 Å². The summed E-state index contributed by atoms with van der Waals surface area (Å²) in [5, 5.41) is 3.13. The van der Waals surface area contributed by atoms with Crippen molar-refractivity contribution in [3.8, 4) is 0 Å². The highest BCUT2D eigenvalue weighted by Gasteiger charge is 2.31. The molecule has 1 aliphatic rings. The fourth-order valence-corrected chi connectivity index (χ4v) is 1.06. The predicted molar refractivity (Wildman–Crippen MR) is 37.6 cm³/mol. The molecule has 0 aromatic heterocycles. The maximum absolute atomic E-state index is 10.8. The Labute approximate surface area is 60.7 Å². The third kappa shape index (κ3) is 1.48. The Morgan fingerprint density at radius 2 is 2.30 bits per heavy atom. The van der Waals surface area contributed by atoms with Crippen LogP contribution in [0.5, 0.6) is 0 Å². The van der Waals surface area contributed by atoms with Crippen LogP contribution in [0.1, 0.15) is 20.8 Å². The number of hydrogen-bond acceptors (Lipinski definition) is 3. The third-order valence-corrected chi connectivity index (χ3v) is 1.54. The van der Waals surface area contributed by atoms with Crippen LogP contribution in [0, 0.1) is 0 Å². The van der Waals surface area contributed by atoms with E-state index in [0.717, 1.165) is 0 Å². The van der Waals surface area contributed by atoms with Gasteiger partial charge >= 0.3 is 5.97 Å². The number of ether oxygens (including phenoxy) is 1. The number of carbonyl (C=O) groups excluding carboxylic acids is 1. The average Bonchev–Trinajstić information content (AvgIpc) is 1.79. The van der Waals surface area contributed by atoms with E-state index in [1.54, 1.807) is 0 Å². The number of cyclic esters (lactones) is 1. The van der Waals surface area contributed by atoms with Crippen LogP contribution in [-0.2, 0) is 9.53 Å². The van der Waals surface area contributed by atoms with Gasteiger partial charge in [0.15, 0.2) is 0 Å². The molecule has 0 aromatic carbocycles. The average molecular weight is 143 g/mol. The van der Waals surface area contributed by atoms with E-state index in [1.165, 1.54) is 0 Å². The minimum atomic E-state index is -0.163. The van der Waals surface area contributed by atoms with Gasteiger partial charge in [-0.15, -0.1) is 0 Å². The summed E-state index contributed by atoms with van der Waals surface area (Å²) in [6, 6.07) is -0.163. The second kappa shape index (κ2) is 2.23. The third-order valence-electron chi connectivity index (χ3n) is 1.54. The van der Waals surface area contributed by atoms with Crippen LogP contribution in [0.25, 0.3) is 0 Å². The van der Waals surface area contributed by atoms with Gasteiger partial charge in [-0.1, -0.05) is 0 Å². The molecule has 0 bridgehead atoms. The summed E-state index contributed by atoms with van der Waals surface area (Å²) in [5.74, 6) is -0.153. The first kappa shape index (κ1) is 7.54. The van der Waals surface area contributed by atoms with Crippen LogP contribution >= 0.6 is 0 Å². The zero-order valence-electron chi connectivity index (χ0n) is 6.60. The number of carbonyl (C=O) groups is 1. The van der Waals surface area contributed by atoms with E-state index in [2.05, 4.69) is 5.32 Å². The van der Waals surface area contributed by atoms with Crippen molar-refractivity contribution in [3.63, 3.8) is 0 Å². The van der Waals surface area contributed by atoms with E-state index in [-0.39, 0.29) is 17.6 Å². The summed E-state index contributed by atoms with van der Waals surface area (Å²) in [6.07, 6.45) is 0. The van der Waals surface area contributed by atoms with E-state index < -0.39 is 0 Å². The Morgan fingerprint density at radius 1 is 1.70 bits per heavy atom. The van der Waals surface area contributed by atoms with Gasteiger partial charge in [-0.3, -0.25) is 10.1 Å². The molecule has 0 aromatic rings. The fraction of sp³-hybridized carbons (Fsp3) is 0.857. The van der Waals surface area contributed by atoms with Crippen molar-refractivity contribution in [3.05, 3.63) is 0 Å². The van der Waals surface area contributed by atoms with Crippen LogP contribution in [0.4, 0.5) is 0 Å². The van der Waals surface area contributed by atoms with E-state index in [4.69, 9.17) is 4.74 Å². The zero-order valence-corrected chi connectivity index (χ0v) is 6.60. The molecular weight excluding hydrogens is 130 g/mol. The number of rotatable bonds is 0. The van der Waals surface area contributed by atoms with E-state index >= 15 is 0 Å². The van der Waals surface area contributed by atoms with Crippen LogP contribution in [-0.4, -0.2) is 24.2 Å². The highest BCUT2D eigenvalue weighted by molar-refractivity contribution is 5.76. The summed E-state index contributed by atoms with van der Waals surface area (Å²) < 4.78 is 4.90. The molecular formula is C7H13NO2. The Hall–Kier alpha value is -0.570. The van der Waals surface area contributed by atoms with Crippen molar-refractivity contribution in [2.75, 3.05) is 6.61 Å². The van der Waals surface area contributed by atoms with Gasteiger partial charge in [0.1, 0.15) is 12.6 Å². The normalized spacial score (nSPS) is 31.5. The largest absolute Gasteiger partial charge is 0.463 e. The van der Waals surface area contributed by atoms with Gasteiger partial charge in [-0.05, 0) is 20.8 Å². The molecule has 0 saturated carbocycles. The minimum Gasteiger partial charge on any atom is -0.463 e. The number of morpholine rings is 1. The zero-order chi connectivity index (χ0) is 7.78. The lowest BCUT2D eigenvalue weighted by Gasteiger charge is -2.33. The summed E-state index contributed by atoms with van der Waals surface area (Å²) in [7, 11) is 0. The van der Waals surface area contributed by atoms with E-state index in [0.29, 0.717) is 6.61 Å². The number of hydrogen-bond donors (Lipinski definition) is 1. The van der Waals surface area contributed by atoms with Crippen molar-refractivity contribution in [2.24, 2.45) is 0 Å². The highest BCUT2D eigenvalue weighted by atomic mass is 16.5. The molecule has 1 aliphatic heterocycles. The molecule has 1 atom stereocenters. The van der Waals surface area contributed by atoms with Crippen molar-refractivity contribution < 1.29 is 9.53 Å². The lowest BCUT2D eigenvalue weighted by atomic mass is 10.0. The second-order valence-electron chi connectivity index (χ2n) is 3.36. The molecule has 10 heavy (non-hydrogen) atoms. The first-order valence-corrected chi connectivity index (χ1v) is 3.46. The van der Waals surface area contributed by atoms with Gasteiger partial charge < -0.3 is 4.74 Å². The Kier molecular flexibility index (Phi) is 1.68. The van der Waals surface area contributed by atoms with Gasteiger partial charge in [0.05, 0.1) is 0 Å². The molecule has 0 spiro atoms. The first-order chi connectivity index (χ1) is 4.51. The minimum absolute atomic E-state index is 0.0622. The van der Waals surface area contributed by atoms with Gasteiger partial charge in [0, 0.05) is 5.54 Å². The molecule has 1 fully saturated rings. The summed E-state index contributed by atoms with van der Waals surface area (Å²) in [6.45, 7) is 6.30. The molecule has 1 heterocycles. The molecule has 3 nitrogen and oxygen atoms in total. The summed E-state index contributed by atoms with van der Waals surface area (Å²) in [4.78, 5) is 10.8. The summed E-state index contributed by atoms with van der Waals surface area (Å²) >= 11 is 0. The molecule has 0 aliphatic carbocycles. The lowest BCUT2D eigenvalue weighted by Crippen LogP contribution is -2.56. The molecule has 1 saturated heterocycles. The van der Waals surface area contributed by atoms with Crippen molar-refractivity contribution >= 4 is 5.97 Å². The van der Waals surface area contributed by atoms with E-state index in [9.17, 15) is 4.79 Å². The van der Waals surface area contributed by atoms with Crippen molar-refractivity contribution in [1.82, 2.24) is 5.32 Å². The molecule has 1 N–H and O–H groups in total. The van der Waals surface area contributed by atoms with Gasteiger partial charge in [0.2, 0.25) is 0 Å². The van der Waals surface area contributed by atoms with Gasteiger partial charge in [-0.25, -0.2) is 0 Å². The molecule has 0 amide bonds. The number of nitrogens with one attached hydrogen (secondary N) is 1. The SMILES string of the molecule is C[C@H]1NC(C)(C)COC1=O. The van der Waals surface area contributed by atoms with E-state index in [1.807, 2.05) is 20.8 Å². The highest BCUT2D eigenvalue weighted by Crippen LogP contribution is 2.10. The Bertz CT molecular complexity index is 154. The lowest BCUT2D eigenvalue weighted by molar-refractivity contribution is -0.153. The van der Waals surface area contributed by atoms with Gasteiger partial charge in [0.25, 0.3) is 0 Å². The van der Waals surface area contributed by atoms with Crippen LogP contribution in [0.15, 0.2) is 0 Å².